The molecule has 3 nitrogen and oxygen atoms in total. The molecule has 1 aromatic carbocycles. The quantitative estimate of drug-likeness (QED) is 0.838. The van der Waals surface area contributed by atoms with Gasteiger partial charge in [-0.1, -0.05) is 12.1 Å². The van der Waals surface area contributed by atoms with E-state index in [1.165, 1.54) is 5.56 Å². The van der Waals surface area contributed by atoms with E-state index < -0.39 is 5.60 Å². The number of ether oxygens (including phenoxy) is 1. The van der Waals surface area contributed by atoms with Crippen molar-refractivity contribution in [3.05, 3.63) is 29.8 Å². The molecule has 1 aromatic rings. The molecule has 3 heteroatoms. The zero-order valence-electron chi connectivity index (χ0n) is 10.6. The minimum Gasteiger partial charge on any atom is -0.497 e. The van der Waals surface area contributed by atoms with Gasteiger partial charge in [0, 0.05) is 12.5 Å². The Morgan fingerprint density at radius 1 is 1.41 bits per heavy atom. The Kier molecular flexibility index (Phi) is 3.69. The monoisotopic (exact) mass is 235 g/mol. The maximum atomic E-state index is 10.6. The van der Waals surface area contributed by atoms with Crippen LogP contribution in [0.25, 0.3) is 0 Å². The van der Waals surface area contributed by atoms with Gasteiger partial charge in [0.2, 0.25) is 0 Å². The van der Waals surface area contributed by atoms with Crippen LogP contribution in [-0.2, 0) is 6.42 Å². The summed E-state index contributed by atoms with van der Waals surface area (Å²) in [7, 11) is 1.66. The minimum atomic E-state index is -0.556. The maximum Gasteiger partial charge on any atom is 0.118 e. The molecule has 1 saturated heterocycles. The standard InChI is InChI=1S/C14H21NO2/c1-11-9-14(16,7-8-15-11)10-12-3-5-13(17-2)6-4-12/h3-6,11,15-16H,7-10H2,1-2H3. The Labute approximate surface area is 103 Å². The second kappa shape index (κ2) is 5.07. The highest BCUT2D eigenvalue weighted by Gasteiger charge is 2.32. The molecule has 1 heterocycles. The van der Waals surface area contributed by atoms with Crippen molar-refractivity contribution in [2.24, 2.45) is 0 Å². The highest BCUT2D eigenvalue weighted by Crippen LogP contribution is 2.26. The van der Waals surface area contributed by atoms with Gasteiger partial charge in [-0.15, -0.1) is 0 Å². The van der Waals surface area contributed by atoms with Crippen LogP contribution in [-0.4, -0.2) is 30.4 Å². The number of nitrogens with one attached hydrogen (secondary N) is 1. The van der Waals surface area contributed by atoms with E-state index in [0.29, 0.717) is 6.04 Å². The molecule has 0 aromatic heterocycles. The van der Waals surface area contributed by atoms with Gasteiger partial charge in [0.05, 0.1) is 12.7 Å². The Balaban J connectivity index is 2.03. The second-order valence-corrected chi connectivity index (χ2v) is 5.06. The first-order chi connectivity index (χ1) is 8.11. The summed E-state index contributed by atoms with van der Waals surface area (Å²) in [5.41, 5.74) is 0.613. The van der Waals surface area contributed by atoms with Gasteiger partial charge in [-0.25, -0.2) is 0 Å². The van der Waals surface area contributed by atoms with E-state index >= 15 is 0 Å². The van der Waals surface area contributed by atoms with Crippen molar-refractivity contribution in [3.63, 3.8) is 0 Å². The van der Waals surface area contributed by atoms with Gasteiger partial charge in [0.25, 0.3) is 0 Å². The normalized spacial score (nSPS) is 29.0. The molecule has 0 saturated carbocycles. The first kappa shape index (κ1) is 12.4. The Morgan fingerprint density at radius 2 is 2.12 bits per heavy atom. The zero-order valence-corrected chi connectivity index (χ0v) is 10.6. The minimum absolute atomic E-state index is 0.395. The van der Waals surface area contributed by atoms with Crippen molar-refractivity contribution in [3.8, 4) is 5.75 Å². The van der Waals surface area contributed by atoms with Crippen molar-refractivity contribution >= 4 is 0 Å². The molecular formula is C14H21NO2. The number of hydrogen-bond acceptors (Lipinski definition) is 3. The summed E-state index contributed by atoms with van der Waals surface area (Å²) >= 11 is 0. The second-order valence-electron chi connectivity index (χ2n) is 5.06. The molecule has 0 amide bonds. The summed E-state index contributed by atoms with van der Waals surface area (Å²) in [5, 5.41) is 13.9. The lowest BCUT2D eigenvalue weighted by Crippen LogP contribution is -2.47. The molecule has 0 aliphatic carbocycles. The van der Waals surface area contributed by atoms with E-state index in [-0.39, 0.29) is 0 Å². The largest absolute Gasteiger partial charge is 0.497 e. The van der Waals surface area contributed by atoms with Gasteiger partial charge in [-0.2, -0.15) is 0 Å². The number of hydrogen-bond donors (Lipinski definition) is 2. The lowest BCUT2D eigenvalue weighted by atomic mass is 9.83. The first-order valence-corrected chi connectivity index (χ1v) is 6.20. The van der Waals surface area contributed by atoms with E-state index in [1.54, 1.807) is 7.11 Å². The van der Waals surface area contributed by atoms with Crippen molar-refractivity contribution in [1.82, 2.24) is 5.32 Å². The molecule has 0 radical (unpaired) electrons. The van der Waals surface area contributed by atoms with E-state index in [9.17, 15) is 5.11 Å². The highest BCUT2D eigenvalue weighted by atomic mass is 16.5. The summed E-state index contributed by atoms with van der Waals surface area (Å²) in [4.78, 5) is 0. The van der Waals surface area contributed by atoms with Gasteiger partial charge in [0.15, 0.2) is 0 Å². The predicted octanol–water partition coefficient (Wildman–Crippen LogP) is 1.74. The van der Waals surface area contributed by atoms with Crippen LogP contribution in [0.2, 0.25) is 0 Å². The molecule has 2 rings (SSSR count). The first-order valence-electron chi connectivity index (χ1n) is 6.20. The Morgan fingerprint density at radius 3 is 2.71 bits per heavy atom. The van der Waals surface area contributed by atoms with Crippen LogP contribution in [0.4, 0.5) is 0 Å². The summed E-state index contributed by atoms with van der Waals surface area (Å²) < 4.78 is 5.13. The number of rotatable bonds is 3. The third kappa shape index (κ3) is 3.20. The average Bonchev–Trinajstić information content (AvgIpc) is 2.29. The topological polar surface area (TPSA) is 41.5 Å². The molecule has 0 bridgehead atoms. The van der Waals surface area contributed by atoms with E-state index in [2.05, 4.69) is 12.2 Å². The molecule has 1 aliphatic heterocycles. The number of benzene rings is 1. The SMILES string of the molecule is COc1ccc(CC2(O)CCNC(C)C2)cc1. The van der Waals surface area contributed by atoms with Crippen LogP contribution < -0.4 is 10.1 Å². The van der Waals surface area contributed by atoms with Crippen LogP contribution in [0.1, 0.15) is 25.3 Å². The van der Waals surface area contributed by atoms with Crippen molar-refractivity contribution in [2.45, 2.75) is 37.8 Å². The lowest BCUT2D eigenvalue weighted by molar-refractivity contribution is -0.00126. The Bertz CT molecular complexity index is 363. The smallest absolute Gasteiger partial charge is 0.118 e. The fourth-order valence-electron chi connectivity index (χ4n) is 2.58. The predicted molar refractivity (Wildman–Crippen MR) is 68.3 cm³/mol. The van der Waals surface area contributed by atoms with Crippen molar-refractivity contribution < 1.29 is 9.84 Å². The van der Waals surface area contributed by atoms with Gasteiger partial charge < -0.3 is 15.2 Å². The number of aliphatic hydroxyl groups is 1. The van der Waals surface area contributed by atoms with Crippen LogP contribution in [0.3, 0.4) is 0 Å². The Hall–Kier alpha value is -1.06. The molecular weight excluding hydrogens is 214 g/mol. The zero-order chi connectivity index (χ0) is 12.3. The van der Waals surface area contributed by atoms with Crippen LogP contribution in [0.5, 0.6) is 5.75 Å². The van der Waals surface area contributed by atoms with E-state index in [0.717, 1.165) is 31.6 Å². The van der Waals surface area contributed by atoms with Gasteiger partial charge >= 0.3 is 0 Å². The molecule has 17 heavy (non-hydrogen) atoms. The third-order valence-corrected chi connectivity index (χ3v) is 3.46. The van der Waals surface area contributed by atoms with Crippen molar-refractivity contribution in [1.29, 1.82) is 0 Å². The summed E-state index contributed by atoms with van der Waals surface area (Å²) in [6.45, 7) is 3.02. The molecule has 94 valence electrons. The number of methoxy groups -OCH3 is 1. The third-order valence-electron chi connectivity index (χ3n) is 3.46. The molecule has 1 fully saturated rings. The maximum absolute atomic E-state index is 10.6. The molecule has 2 atom stereocenters. The summed E-state index contributed by atoms with van der Waals surface area (Å²) in [6.07, 6.45) is 2.37. The lowest BCUT2D eigenvalue weighted by Gasteiger charge is -2.36. The van der Waals surface area contributed by atoms with Crippen LogP contribution in [0, 0.1) is 0 Å². The molecule has 1 aliphatic rings. The van der Waals surface area contributed by atoms with Gasteiger partial charge in [0.1, 0.15) is 5.75 Å². The van der Waals surface area contributed by atoms with Gasteiger partial charge in [-0.3, -0.25) is 0 Å². The van der Waals surface area contributed by atoms with Crippen molar-refractivity contribution in [2.75, 3.05) is 13.7 Å². The summed E-state index contributed by atoms with van der Waals surface area (Å²) in [6, 6.07) is 8.35. The molecule has 2 N–H and O–H groups in total. The average molecular weight is 235 g/mol. The van der Waals surface area contributed by atoms with E-state index in [1.807, 2.05) is 24.3 Å². The highest BCUT2D eigenvalue weighted by molar-refractivity contribution is 5.28. The fraction of sp³-hybridized carbons (Fsp3) is 0.571. The number of piperidine rings is 1. The molecule has 0 spiro atoms. The summed E-state index contributed by atoms with van der Waals surface area (Å²) in [5.74, 6) is 0.861. The van der Waals surface area contributed by atoms with Gasteiger partial charge in [-0.05, 0) is 44.0 Å². The van der Waals surface area contributed by atoms with Crippen LogP contribution in [0.15, 0.2) is 24.3 Å². The van der Waals surface area contributed by atoms with E-state index in [4.69, 9.17) is 4.74 Å². The van der Waals surface area contributed by atoms with Crippen LogP contribution >= 0.6 is 0 Å². The molecule has 2 unspecified atom stereocenters. The fourth-order valence-corrected chi connectivity index (χ4v) is 2.58.